The highest BCUT2D eigenvalue weighted by Crippen LogP contribution is 2.33. The molecule has 1 fully saturated rings. The Bertz CT molecular complexity index is 374. The number of nitrogens with one attached hydrogen (secondary N) is 1. The molecule has 1 aliphatic rings. The predicted octanol–water partition coefficient (Wildman–Crippen LogP) is 3.44. The van der Waals surface area contributed by atoms with Crippen molar-refractivity contribution in [1.82, 2.24) is 5.32 Å². The van der Waals surface area contributed by atoms with Gasteiger partial charge in [0.25, 0.3) is 0 Å². The summed E-state index contributed by atoms with van der Waals surface area (Å²) in [4.78, 5) is 2.50. The highest BCUT2D eigenvalue weighted by Gasteiger charge is 2.28. The Hall–Kier alpha value is -0.730. The van der Waals surface area contributed by atoms with Crippen molar-refractivity contribution in [3.05, 3.63) is 28.8 Å². The maximum absolute atomic E-state index is 6.31. The van der Waals surface area contributed by atoms with Crippen molar-refractivity contribution in [3.63, 3.8) is 0 Å². The molecule has 1 N–H and O–H groups in total. The van der Waals surface area contributed by atoms with Crippen LogP contribution in [0, 0.1) is 0 Å². The molecule has 17 heavy (non-hydrogen) atoms. The Morgan fingerprint density at radius 2 is 2.18 bits per heavy atom. The maximum Gasteiger partial charge on any atom is 0.0471 e. The van der Waals surface area contributed by atoms with Gasteiger partial charge >= 0.3 is 0 Å². The second-order valence-corrected chi connectivity index (χ2v) is 5.14. The second kappa shape index (κ2) is 5.74. The van der Waals surface area contributed by atoms with Gasteiger partial charge in [0.1, 0.15) is 0 Å². The van der Waals surface area contributed by atoms with Gasteiger partial charge in [0, 0.05) is 29.8 Å². The molecule has 0 radical (unpaired) electrons. The smallest absolute Gasteiger partial charge is 0.0471 e. The SMILES string of the molecule is CCCN(c1ccc(CNC)c(Cl)c1)C1CC1. The third-order valence-corrected chi connectivity index (χ3v) is 3.54. The fourth-order valence-corrected chi connectivity index (χ4v) is 2.44. The van der Waals surface area contributed by atoms with Crippen molar-refractivity contribution in [2.24, 2.45) is 0 Å². The third kappa shape index (κ3) is 3.14. The topological polar surface area (TPSA) is 15.3 Å². The van der Waals surface area contributed by atoms with Gasteiger partial charge in [0.2, 0.25) is 0 Å². The molecule has 0 atom stereocenters. The van der Waals surface area contributed by atoms with E-state index in [1.165, 1.54) is 30.5 Å². The van der Waals surface area contributed by atoms with Crippen LogP contribution in [0.25, 0.3) is 0 Å². The van der Waals surface area contributed by atoms with Crippen molar-refractivity contribution in [1.29, 1.82) is 0 Å². The lowest BCUT2D eigenvalue weighted by Crippen LogP contribution is -2.26. The van der Waals surface area contributed by atoms with E-state index in [9.17, 15) is 0 Å². The fraction of sp³-hybridized carbons (Fsp3) is 0.571. The Kier molecular flexibility index (Phi) is 4.30. The van der Waals surface area contributed by atoms with Gasteiger partial charge in [-0.05, 0) is 44.0 Å². The summed E-state index contributed by atoms with van der Waals surface area (Å²) in [6.07, 6.45) is 3.85. The van der Waals surface area contributed by atoms with E-state index < -0.39 is 0 Å². The van der Waals surface area contributed by atoms with E-state index in [-0.39, 0.29) is 0 Å². The zero-order chi connectivity index (χ0) is 12.3. The number of hydrogen-bond donors (Lipinski definition) is 1. The molecule has 0 aromatic heterocycles. The van der Waals surface area contributed by atoms with Crippen molar-refractivity contribution in [3.8, 4) is 0 Å². The average Bonchev–Trinajstić information content (AvgIpc) is 3.13. The fourth-order valence-electron chi connectivity index (χ4n) is 2.20. The molecule has 0 saturated heterocycles. The molecular weight excluding hydrogens is 232 g/mol. The highest BCUT2D eigenvalue weighted by molar-refractivity contribution is 6.31. The first-order chi connectivity index (χ1) is 8.26. The molecule has 2 rings (SSSR count). The minimum Gasteiger partial charge on any atom is -0.369 e. The number of rotatable bonds is 6. The van der Waals surface area contributed by atoms with Gasteiger partial charge in [-0.1, -0.05) is 24.6 Å². The van der Waals surface area contributed by atoms with Gasteiger partial charge in [0.15, 0.2) is 0 Å². The minimum atomic E-state index is 0.751. The molecule has 3 heteroatoms. The first kappa shape index (κ1) is 12.7. The van der Waals surface area contributed by atoms with Gasteiger partial charge in [-0.3, -0.25) is 0 Å². The molecule has 1 aromatic carbocycles. The molecule has 2 nitrogen and oxygen atoms in total. The number of benzene rings is 1. The van der Waals surface area contributed by atoms with E-state index in [0.29, 0.717) is 0 Å². The maximum atomic E-state index is 6.31. The first-order valence-electron chi connectivity index (χ1n) is 6.46. The summed E-state index contributed by atoms with van der Waals surface area (Å²) < 4.78 is 0. The van der Waals surface area contributed by atoms with Crippen LogP contribution in [0.15, 0.2) is 18.2 Å². The van der Waals surface area contributed by atoms with Crippen LogP contribution in [0.2, 0.25) is 5.02 Å². The van der Waals surface area contributed by atoms with Crippen LogP contribution in [-0.2, 0) is 6.54 Å². The predicted molar refractivity (Wildman–Crippen MR) is 74.9 cm³/mol. The van der Waals surface area contributed by atoms with Crippen LogP contribution in [0.4, 0.5) is 5.69 Å². The molecule has 1 aliphatic carbocycles. The van der Waals surface area contributed by atoms with E-state index in [0.717, 1.165) is 24.2 Å². The lowest BCUT2D eigenvalue weighted by molar-refractivity contribution is 0.762. The number of hydrogen-bond acceptors (Lipinski definition) is 2. The standard InChI is InChI=1S/C14H21ClN2/c1-3-8-17(12-6-7-12)13-5-4-11(10-16-2)14(15)9-13/h4-5,9,12,16H,3,6-8,10H2,1-2H3. The van der Waals surface area contributed by atoms with Crippen LogP contribution < -0.4 is 10.2 Å². The van der Waals surface area contributed by atoms with E-state index in [4.69, 9.17) is 11.6 Å². The van der Waals surface area contributed by atoms with Gasteiger partial charge in [-0.15, -0.1) is 0 Å². The van der Waals surface area contributed by atoms with Crippen LogP contribution >= 0.6 is 11.6 Å². The molecule has 0 heterocycles. The molecule has 94 valence electrons. The zero-order valence-electron chi connectivity index (χ0n) is 10.7. The Labute approximate surface area is 109 Å². The number of halogens is 1. The van der Waals surface area contributed by atoms with E-state index in [2.05, 4.69) is 35.3 Å². The van der Waals surface area contributed by atoms with Gasteiger partial charge < -0.3 is 10.2 Å². The summed E-state index contributed by atoms with van der Waals surface area (Å²) in [5, 5.41) is 4.01. The highest BCUT2D eigenvalue weighted by atomic mass is 35.5. The first-order valence-corrected chi connectivity index (χ1v) is 6.83. The van der Waals surface area contributed by atoms with Gasteiger partial charge in [0.05, 0.1) is 0 Å². The third-order valence-electron chi connectivity index (χ3n) is 3.19. The van der Waals surface area contributed by atoms with Crippen molar-refractivity contribution >= 4 is 17.3 Å². The van der Waals surface area contributed by atoms with E-state index >= 15 is 0 Å². The monoisotopic (exact) mass is 252 g/mol. The quantitative estimate of drug-likeness (QED) is 0.835. The van der Waals surface area contributed by atoms with Crippen molar-refractivity contribution in [2.75, 3.05) is 18.5 Å². The van der Waals surface area contributed by atoms with E-state index in [1.807, 2.05) is 7.05 Å². The Balaban J connectivity index is 2.16. The minimum absolute atomic E-state index is 0.751. The molecule has 1 saturated carbocycles. The lowest BCUT2D eigenvalue weighted by Gasteiger charge is -2.24. The summed E-state index contributed by atoms with van der Waals surface area (Å²) in [6.45, 7) is 4.19. The molecular formula is C14H21ClN2. The van der Waals surface area contributed by atoms with Crippen LogP contribution in [0.3, 0.4) is 0 Å². The Morgan fingerprint density at radius 1 is 1.41 bits per heavy atom. The molecule has 1 aromatic rings. The van der Waals surface area contributed by atoms with Crippen LogP contribution in [0.1, 0.15) is 31.7 Å². The lowest BCUT2D eigenvalue weighted by atomic mass is 10.2. The van der Waals surface area contributed by atoms with Gasteiger partial charge in [-0.2, -0.15) is 0 Å². The summed E-state index contributed by atoms with van der Waals surface area (Å²) in [6, 6.07) is 7.20. The number of anilines is 1. The molecule has 0 spiro atoms. The summed E-state index contributed by atoms with van der Waals surface area (Å²) in [5.74, 6) is 0. The summed E-state index contributed by atoms with van der Waals surface area (Å²) in [7, 11) is 1.94. The molecule has 0 unspecified atom stereocenters. The summed E-state index contributed by atoms with van der Waals surface area (Å²) >= 11 is 6.31. The van der Waals surface area contributed by atoms with Crippen molar-refractivity contribution in [2.45, 2.75) is 38.8 Å². The summed E-state index contributed by atoms with van der Waals surface area (Å²) in [5.41, 5.74) is 2.45. The zero-order valence-corrected chi connectivity index (χ0v) is 11.4. The molecule has 0 aliphatic heterocycles. The van der Waals surface area contributed by atoms with Crippen LogP contribution in [0.5, 0.6) is 0 Å². The van der Waals surface area contributed by atoms with Gasteiger partial charge in [-0.25, -0.2) is 0 Å². The average molecular weight is 253 g/mol. The normalized spacial score (nSPS) is 15.0. The molecule has 0 bridgehead atoms. The van der Waals surface area contributed by atoms with Crippen molar-refractivity contribution < 1.29 is 0 Å². The largest absolute Gasteiger partial charge is 0.369 e. The molecule has 0 amide bonds. The Morgan fingerprint density at radius 3 is 2.71 bits per heavy atom. The second-order valence-electron chi connectivity index (χ2n) is 4.73. The van der Waals surface area contributed by atoms with Crippen LogP contribution in [-0.4, -0.2) is 19.6 Å². The van der Waals surface area contributed by atoms with E-state index in [1.54, 1.807) is 0 Å². The number of nitrogens with zero attached hydrogens (tertiary/aromatic N) is 1.